The van der Waals surface area contributed by atoms with Crippen molar-refractivity contribution >= 4 is 5.97 Å². The number of hydrogen-bond donors (Lipinski definition) is 0. The summed E-state index contributed by atoms with van der Waals surface area (Å²) in [5, 5.41) is 0. The second-order valence-electron chi connectivity index (χ2n) is 4.93. The molecule has 0 aromatic heterocycles. The molecule has 0 saturated carbocycles. The van der Waals surface area contributed by atoms with E-state index in [1.165, 1.54) is 12.8 Å². The predicted octanol–water partition coefficient (Wildman–Crippen LogP) is 3.09. The maximum Gasteiger partial charge on any atom is 0.316 e. The fraction of sp³-hybridized carbons (Fsp3) is 0.786. The highest BCUT2D eigenvalue weighted by molar-refractivity contribution is 5.80. The minimum atomic E-state index is -0.452. The normalized spacial score (nSPS) is 28.9. The van der Waals surface area contributed by atoms with Gasteiger partial charge in [-0.1, -0.05) is 31.9 Å². The molecule has 2 atom stereocenters. The Morgan fingerprint density at radius 1 is 1.53 bits per heavy atom. The summed E-state index contributed by atoms with van der Waals surface area (Å²) < 4.78 is 10.9. The van der Waals surface area contributed by atoms with Crippen LogP contribution in [-0.2, 0) is 14.3 Å². The Labute approximate surface area is 104 Å². The molecule has 0 aliphatic carbocycles. The first-order chi connectivity index (χ1) is 8.12. The first-order valence-corrected chi connectivity index (χ1v) is 6.55. The summed E-state index contributed by atoms with van der Waals surface area (Å²) in [6.07, 6.45) is 7.96. The van der Waals surface area contributed by atoms with E-state index in [1.807, 2.05) is 26.0 Å². The van der Waals surface area contributed by atoms with Gasteiger partial charge < -0.3 is 9.47 Å². The van der Waals surface area contributed by atoms with Crippen LogP contribution < -0.4 is 0 Å². The molecule has 98 valence electrons. The molecule has 2 unspecified atom stereocenters. The average molecular weight is 240 g/mol. The zero-order valence-electron chi connectivity index (χ0n) is 11.2. The van der Waals surface area contributed by atoms with Gasteiger partial charge in [-0.3, -0.25) is 4.79 Å². The molecule has 0 N–H and O–H groups in total. The molecule has 0 aromatic rings. The maximum atomic E-state index is 11.7. The molecule has 1 fully saturated rings. The smallest absolute Gasteiger partial charge is 0.316 e. The van der Waals surface area contributed by atoms with Crippen LogP contribution in [0.5, 0.6) is 0 Å². The Morgan fingerprint density at radius 2 is 2.29 bits per heavy atom. The van der Waals surface area contributed by atoms with E-state index in [1.54, 1.807) is 0 Å². The van der Waals surface area contributed by atoms with Crippen molar-refractivity contribution in [3.05, 3.63) is 12.2 Å². The van der Waals surface area contributed by atoms with Crippen LogP contribution in [0.3, 0.4) is 0 Å². The Morgan fingerprint density at radius 3 is 2.94 bits per heavy atom. The second kappa shape index (κ2) is 6.80. The fourth-order valence-electron chi connectivity index (χ4n) is 2.15. The standard InChI is InChI=1S/C14H24O3/c1-4-6-7-9-16-11-12-10-14(3,8-5-2)13(15)17-12/h5,8,12H,4,6-7,9-11H2,1-3H3. The van der Waals surface area contributed by atoms with Crippen LogP contribution in [0, 0.1) is 5.41 Å². The van der Waals surface area contributed by atoms with Gasteiger partial charge in [0.25, 0.3) is 0 Å². The molecule has 1 saturated heterocycles. The molecule has 0 radical (unpaired) electrons. The van der Waals surface area contributed by atoms with Gasteiger partial charge in [-0.2, -0.15) is 0 Å². The number of carbonyl (C=O) groups excluding carboxylic acids is 1. The van der Waals surface area contributed by atoms with Crippen molar-refractivity contribution in [2.75, 3.05) is 13.2 Å². The molecule has 0 aromatic carbocycles. The number of ether oxygens (including phenoxy) is 2. The first-order valence-electron chi connectivity index (χ1n) is 6.55. The number of cyclic esters (lactones) is 1. The van der Waals surface area contributed by atoms with Crippen LogP contribution in [0.25, 0.3) is 0 Å². The van der Waals surface area contributed by atoms with Gasteiger partial charge in [-0.25, -0.2) is 0 Å². The topological polar surface area (TPSA) is 35.5 Å². The van der Waals surface area contributed by atoms with Gasteiger partial charge in [0.2, 0.25) is 0 Å². The number of unbranched alkanes of at least 4 members (excludes halogenated alkanes) is 2. The van der Waals surface area contributed by atoms with Gasteiger partial charge in [0, 0.05) is 13.0 Å². The number of esters is 1. The predicted molar refractivity (Wildman–Crippen MR) is 67.8 cm³/mol. The summed E-state index contributed by atoms with van der Waals surface area (Å²) in [5.41, 5.74) is -0.452. The highest BCUT2D eigenvalue weighted by Gasteiger charge is 2.43. The highest BCUT2D eigenvalue weighted by Crippen LogP contribution is 2.35. The Balaban J connectivity index is 2.27. The van der Waals surface area contributed by atoms with E-state index in [2.05, 4.69) is 6.92 Å². The summed E-state index contributed by atoms with van der Waals surface area (Å²) in [6, 6.07) is 0. The van der Waals surface area contributed by atoms with E-state index < -0.39 is 5.41 Å². The Hall–Kier alpha value is -0.830. The van der Waals surface area contributed by atoms with Gasteiger partial charge in [-0.05, 0) is 20.3 Å². The van der Waals surface area contributed by atoms with Crippen LogP contribution in [0.15, 0.2) is 12.2 Å². The number of rotatable bonds is 7. The average Bonchev–Trinajstić information content (AvgIpc) is 2.55. The molecule has 1 heterocycles. The van der Waals surface area contributed by atoms with E-state index >= 15 is 0 Å². The lowest BCUT2D eigenvalue weighted by Gasteiger charge is -2.12. The SMILES string of the molecule is CC=CC1(C)CC(COCCCCC)OC1=O. The highest BCUT2D eigenvalue weighted by atomic mass is 16.6. The van der Waals surface area contributed by atoms with Gasteiger partial charge in [-0.15, -0.1) is 0 Å². The molecule has 0 bridgehead atoms. The third-order valence-electron chi connectivity index (χ3n) is 3.12. The third kappa shape index (κ3) is 4.15. The van der Waals surface area contributed by atoms with E-state index in [4.69, 9.17) is 9.47 Å². The second-order valence-corrected chi connectivity index (χ2v) is 4.93. The van der Waals surface area contributed by atoms with Crippen molar-refractivity contribution in [1.82, 2.24) is 0 Å². The van der Waals surface area contributed by atoms with Crippen molar-refractivity contribution in [3.8, 4) is 0 Å². The van der Waals surface area contributed by atoms with Crippen molar-refractivity contribution in [2.24, 2.45) is 5.41 Å². The van der Waals surface area contributed by atoms with Crippen LogP contribution in [0.2, 0.25) is 0 Å². The molecular formula is C14H24O3. The van der Waals surface area contributed by atoms with Crippen molar-refractivity contribution in [1.29, 1.82) is 0 Å². The molecule has 17 heavy (non-hydrogen) atoms. The molecular weight excluding hydrogens is 216 g/mol. The van der Waals surface area contributed by atoms with Crippen molar-refractivity contribution < 1.29 is 14.3 Å². The third-order valence-corrected chi connectivity index (χ3v) is 3.12. The van der Waals surface area contributed by atoms with Crippen LogP contribution >= 0.6 is 0 Å². The molecule has 1 rings (SSSR count). The van der Waals surface area contributed by atoms with Gasteiger partial charge in [0.15, 0.2) is 0 Å². The molecule has 0 spiro atoms. The lowest BCUT2D eigenvalue weighted by Crippen LogP contribution is -2.19. The summed E-state index contributed by atoms with van der Waals surface area (Å²) in [5.74, 6) is -0.127. The molecule has 3 nitrogen and oxygen atoms in total. The van der Waals surface area contributed by atoms with E-state index in [-0.39, 0.29) is 12.1 Å². The molecule has 3 heteroatoms. The zero-order chi connectivity index (χ0) is 12.7. The Kier molecular flexibility index (Phi) is 5.69. The minimum Gasteiger partial charge on any atom is -0.459 e. The first kappa shape index (κ1) is 14.2. The van der Waals surface area contributed by atoms with Gasteiger partial charge >= 0.3 is 5.97 Å². The lowest BCUT2D eigenvalue weighted by molar-refractivity contribution is -0.148. The number of hydrogen-bond acceptors (Lipinski definition) is 3. The number of carbonyl (C=O) groups is 1. The molecule has 0 amide bonds. The fourth-order valence-corrected chi connectivity index (χ4v) is 2.15. The Bertz CT molecular complexity index is 273. The molecule has 1 aliphatic heterocycles. The van der Waals surface area contributed by atoms with E-state index in [0.29, 0.717) is 6.61 Å². The van der Waals surface area contributed by atoms with E-state index in [0.717, 1.165) is 19.4 Å². The monoisotopic (exact) mass is 240 g/mol. The summed E-state index contributed by atoms with van der Waals surface area (Å²) in [6.45, 7) is 7.31. The van der Waals surface area contributed by atoms with Gasteiger partial charge in [0.05, 0.1) is 12.0 Å². The van der Waals surface area contributed by atoms with Gasteiger partial charge in [0.1, 0.15) is 6.10 Å². The van der Waals surface area contributed by atoms with Crippen LogP contribution in [0.1, 0.15) is 46.5 Å². The van der Waals surface area contributed by atoms with Crippen molar-refractivity contribution in [3.63, 3.8) is 0 Å². The molecule has 1 aliphatic rings. The van der Waals surface area contributed by atoms with E-state index in [9.17, 15) is 4.79 Å². The number of allylic oxidation sites excluding steroid dienone is 1. The van der Waals surface area contributed by atoms with Crippen LogP contribution in [0.4, 0.5) is 0 Å². The summed E-state index contributed by atoms with van der Waals surface area (Å²) >= 11 is 0. The minimum absolute atomic E-state index is 0.0784. The van der Waals surface area contributed by atoms with Crippen LogP contribution in [-0.4, -0.2) is 25.3 Å². The maximum absolute atomic E-state index is 11.7. The summed E-state index contributed by atoms with van der Waals surface area (Å²) in [7, 11) is 0. The largest absolute Gasteiger partial charge is 0.459 e. The quantitative estimate of drug-likeness (QED) is 0.390. The van der Waals surface area contributed by atoms with Crippen molar-refractivity contribution in [2.45, 2.75) is 52.6 Å². The summed E-state index contributed by atoms with van der Waals surface area (Å²) in [4.78, 5) is 11.7. The zero-order valence-corrected chi connectivity index (χ0v) is 11.2. The lowest BCUT2D eigenvalue weighted by atomic mass is 9.87.